The first-order valence-corrected chi connectivity index (χ1v) is 5.73. The molecule has 2 heterocycles. The van der Waals surface area contributed by atoms with Crippen molar-refractivity contribution in [2.45, 2.75) is 18.4 Å². The van der Waals surface area contributed by atoms with Crippen molar-refractivity contribution in [3.8, 4) is 0 Å². The Kier molecular flexibility index (Phi) is 1.77. The Labute approximate surface area is 95.9 Å². The van der Waals surface area contributed by atoms with E-state index in [1.807, 2.05) is 23.7 Å². The lowest BCUT2D eigenvalue weighted by Crippen LogP contribution is -2.09. The van der Waals surface area contributed by atoms with E-state index in [2.05, 4.69) is 20.9 Å². The summed E-state index contributed by atoms with van der Waals surface area (Å²) in [6.07, 6.45) is 3.50. The molecule has 0 bridgehead atoms. The van der Waals surface area contributed by atoms with Crippen LogP contribution in [0.25, 0.3) is 11.0 Å². The molecule has 78 valence electrons. The molecule has 1 N–H and O–H groups in total. The summed E-state index contributed by atoms with van der Waals surface area (Å²) in [6, 6.07) is 4.01. The molecule has 1 saturated carbocycles. The van der Waals surface area contributed by atoms with Crippen LogP contribution >= 0.6 is 15.9 Å². The summed E-state index contributed by atoms with van der Waals surface area (Å²) < 4.78 is 2.99. The van der Waals surface area contributed by atoms with Crippen LogP contribution in [0.3, 0.4) is 0 Å². The molecule has 0 saturated heterocycles. The quantitative estimate of drug-likeness (QED) is 0.861. The van der Waals surface area contributed by atoms with Gasteiger partial charge >= 0.3 is 0 Å². The highest BCUT2D eigenvalue weighted by molar-refractivity contribution is 9.10. The number of fused-ring (bicyclic) bond motifs is 1. The molecule has 0 radical (unpaired) electrons. The number of halogens is 1. The van der Waals surface area contributed by atoms with E-state index in [1.54, 1.807) is 6.20 Å². The van der Waals surface area contributed by atoms with E-state index < -0.39 is 5.60 Å². The summed E-state index contributed by atoms with van der Waals surface area (Å²) in [5.74, 6) is 0. The number of rotatable bonds is 1. The first kappa shape index (κ1) is 9.36. The van der Waals surface area contributed by atoms with Gasteiger partial charge in [0.05, 0.1) is 16.7 Å². The second kappa shape index (κ2) is 2.83. The van der Waals surface area contributed by atoms with Crippen molar-refractivity contribution in [3.05, 3.63) is 28.5 Å². The van der Waals surface area contributed by atoms with Gasteiger partial charge in [-0.3, -0.25) is 4.98 Å². The number of pyridine rings is 1. The lowest BCUT2D eigenvalue weighted by Gasteiger charge is -2.08. The van der Waals surface area contributed by atoms with Gasteiger partial charge in [-0.2, -0.15) is 0 Å². The predicted octanol–water partition coefficient (Wildman–Crippen LogP) is 2.32. The van der Waals surface area contributed by atoms with Crippen molar-refractivity contribution in [2.24, 2.45) is 7.05 Å². The van der Waals surface area contributed by atoms with Gasteiger partial charge in [0.2, 0.25) is 0 Å². The summed E-state index contributed by atoms with van der Waals surface area (Å²) in [5.41, 5.74) is 2.38. The minimum atomic E-state index is -0.595. The number of nitrogens with zero attached hydrogens (tertiary/aromatic N) is 2. The summed E-state index contributed by atoms with van der Waals surface area (Å²) in [7, 11) is 1.97. The summed E-state index contributed by atoms with van der Waals surface area (Å²) >= 11 is 3.40. The largest absolute Gasteiger partial charge is 0.384 e. The van der Waals surface area contributed by atoms with E-state index in [9.17, 15) is 5.11 Å². The van der Waals surface area contributed by atoms with E-state index in [1.165, 1.54) is 0 Å². The van der Waals surface area contributed by atoms with Gasteiger partial charge in [0.1, 0.15) is 5.60 Å². The highest BCUT2D eigenvalue weighted by atomic mass is 79.9. The van der Waals surface area contributed by atoms with E-state index in [4.69, 9.17) is 0 Å². The zero-order chi connectivity index (χ0) is 10.6. The maximum absolute atomic E-state index is 10.1. The van der Waals surface area contributed by atoms with Crippen LogP contribution in [0.4, 0.5) is 0 Å². The summed E-state index contributed by atoms with van der Waals surface area (Å²) in [6.45, 7) is 0. The Morgan fingerprint density at radius 1 is 1.47 bits per heavy atom. The fourth-order valence-electron chi connectivity index (χ4n) is 2.00. The van der Waals surface area contributed by atoms with Crippen LogP contribution in [0.1, 0.15) is 18.5 Å². The molecule has 1 aliphatic carbocycles. The van der Waals surface area contributed by atoms with Gasteiger partial charge in [-0.25, -0.2) is 0 Å². The van der Waals surface area contributed by atoms with Gasteiger partial charge in [-0.1, -0.05) is 0 Å². The van der Waals surface area contributed by atoms with Crippen LogP contribution in [-0.4, -0.2) is 14.7 Å². The van der Waals surface area contributed by atoms with Crippen molar-refractivity contribution in [3.63, 3.8) is 0 Å². The molecule has 2 aromatic heterocycles. The lowest BCUT2D eigenvalue weighted by molar-refractivity contribution is 0.143. The number of hydrogen-bond acceptors (Lipinski definition) is 2. The molecule has 0 aliphatic heterocycles. The molecule has 4 heteroatoms. The average molecular weight is 267 g/mol. The molecule has 0 unspecified atom stereocenters. The predicted molar refractivity (Wildman–Crippen MR) is 61.5 cm³/mol. The first-order chi connectivity index (χ1) is 7.10. The second-order valence-electron chi connectivity index (χ2n) is 4.18. The summed E-state index contributed by atoms with van der Waals surface area (Å²) in [4.78, 5) is 4.32. The second-order valence-corrected chi connectivity index (χ2v) is 5.09. The number of aliphatic hydroxyl groups is 1. The van der Waals surface area contributed by atoms with Crippen LogP contribution in [-0.2, 0) is 12.6 Å². The smallest absolute Gasteiger partial charge is 0.105 e. The minimum Gasteiger partial charge on any atom is -0.384 e. The number of hydrogen-bond donors (Lipinski definition) is 1. The first-order valence-electron chi connectivity index (χ1n) is 4.94. The van der Waals surface area contributed by atoms with Gasteiger partial charge in [0, 0.05) is 17.7 Å². The molecular weight excluding hydrogens is 256 g/mol. The van der Waals surface area contributed by atoms with Crippen molar-refractivity contribution < 1.29 is 5.11 Å². The highest BCUT2D eigenvalue weighted by Gasteiger charge is 2.44. The molecule has 15 heavy (non-hydrogen) atoms. The third kappa shape index (κ3) is 1.32. The normalized spacial score (nSPS) is 18.3. The van der Waals surface area contributed by atoms with E-state index >= 15 is 0 Å². The average Bonchev–Trinajstić information content (AvgIpc) is 2.86. The zero-order valence-electron chi connectivity index (χ0n) is 8.37. The molecule has 3 nitrogen and oxygen atoms in total. The Bertz CT molecular complexity index is 543. The highest BCUT2D eigenvalue weighted by Crippen LogP contribution is 2.46. The standard InChI is InChI=1S/C11H11BrN2O/c1-14-9-4-7(12)6-13-8(9)5-10(14)11(15)2-3-11/h4-6,15H,2-3H2,1H3. The monoisotopic (exact) mass is 266 g/mol. The van der Waals surface area contributed by atoms with E-state index in [0.29, 0.717) is 0 Å². The Hall–Kier alpha value is -0.870. The topological polar surface area (TPSA) is 38.0 Å². The third-order valence-electron chi connectivity index (χ3n) is 3.06. The Morgan fingerprint density at radius 2 is 2.20 bits per heavy atom. The van der Waals surface area contributed by atoms with Crippen molar-refractivity contribution in [2.75, 3.05) is 0 Å². The molecule has 0 spiro atoms. The van der Waals surface area contributed by atoms with Gasteiger partial charge in [-0.15, -0.1) is 0 Å². The molecule has 0 atom stereocenters. The maximum Gasteiger partial charge on any atom is 0.105 e. The van der Waals surface area contributed by atoms with Crippen molar-refractivity contribution in [1.29, 1.82) is 0 Å². The Balaban J connectivity index is 2.29. The van der Waals surface area contributed by atoms with Crippen LogP contribution < -0.4 is 0 Å². The van der Waals surface area contributed by atoms with Crippen LogP contribution in [0.2, 0.25) is 0 Å². The van der Waals surface area contributed by atoms with E-state index in [-0.39, 0.29) is 0 Å². The lowest BCUT2D eigenvalue weighted by atomic mass is 10.2. The minimum absolute atomic E-state index is 0.595. The van der Waals surface area contributed by atoms with Crippen molar-refractivity contribution >= 4 is 27.0 Å². The van der Waals surface area contributed by atoms with Gasteiger partial charge in [0.25, 0.3) is 0 Å². The molecule has 2 aromatic rings. The molecule has 0 amide bonds. The number of aryl methyl sites for hydroxylation is 1. The zero-order valence-corrected chi connectivity index (χ0v) is 9.95. The van der Waals surface area contributed by atoms with Gasteiger partial charge < -0.3 is 9.67 Å². The number of aromatic nitrogens is 2. The molecule has 1 fully saturated rings. The van der Waals surface area contributed by atoms with Crippen LogP contribution in [0.15, 0.2) is 22.8 Å². The fraction of sp³-hybridized carbons (Fsp3) is 0.364. The molecule has 3 rings (SSSR count). The van der Waals surface area contributed by atoms with Gasteiger partial charge in [-0.05, 0) is 40.9 Å². The maximum atomic E-state index is 10.1. The van der Waals surface area contributed by atoms with Crippen LogP contribution in [0.5, 0.6) is 0 Å². The molecule has 1 aliphatic rings. The SMILES string of the molecule is Cn1c(C2(O)CC2)cc2ncc(Br)cc21. The Morgan fingerprint density at radius 3 is 2.87 bits per heavy atom. The third-order valence-corrected chi connectivity index (χ3v) is 3.49. The summed E-state index contributed by atoms with van der Waals surface area (Å²) in [5, 5.41) is 10.1. The van der Waals surface area contributed by atoms with Crippen LogP contribution in [0, 0.1) is 0 Å². The van der Waals surface area contributed by atoms with Gasteiger partial charge in [0.15, 0.2) is 0 Å². The molecular formula is C11H11BrN2O. The molecule has 0 aromatic carbocycles. The van der Waals surface area contributed by atoms with E-state index in [0.717, 1.165) is 34.0 Å². The fourth-order valence-corrected chi connectivity index (χ4v) is 2.32. The van der Waals surface area contributed by atoms with Crippen molar-refractivity contribution in [1.82, 2.24) is 9.55 Å².